The van der Waals surface area contributed by atoms with Crippen molar-refractivity contribution in [3.8, 4) is 0 Å². The van der Waals surface area contributed by atoms with E-state index >= 15 is 0 Å². The summed E-state index contributed by atoms with van der Waals surface area (Å²) in [6, 6.07) is 12.1. The van der Waals surface area contributed by atoms with Gasteiger partial charge in [-0.25, -0.2) is 0 Å². The van der Waals surface area contributed by atoms with Gasteiger partial charge in [0.15, 0.2) is 4.34 Å². The minimum absolute atomic E-state index is 0.0210. The van der Waals surface area contributed by atoms with Gasteiger partial charge in [0, 0.05) is 0 Å². The monoisotopic (exact) mass is 402 g/mol. The molecule has 2 aromatic heterocycles. The number of aromatic nitrogens is 2. The number of furan rings is 1. The highest BCUT2D eigenvalue weighted by Gasteiger charge is 2.12. The fourth-order valence-electron chi connectivity index (χ4n) is 2.45. The standard InChI is InChI=1S/C19H22N4O2S2/c1-3-14-6-8-15(9-7-14)13(2)21-17(24)12-26-19-23-22-18(27-19)20-11-16-5-4-10-25-16/h4-10,13H,3,11-12H2,1-2H3,(H,20,22)(H,21,24)/t13-/m1/s1. The average Bonchev–Trinajstić information content (AvgIpc) is 3.36. The van der Waals surface area contributed by atoms with Crippen molar-refractivity contribution in [1.82, 2.24) is 15.5 Å². The first-order valence-electron chi connectivity index (χ1n) is 8.74. The van der Waals surface area contributed by atoms with Crippen LogP contribution in [0.3, 0.4) is 0 Å². The van der Waals surface area contributed by atoms with E-state index in [-0.39, 0.29) is 11.9 Å². The zero-order valence-corrected chi connectivity index (χ0v) is 16.9. The lowest BCUT2D eigenvalue weighted by Gasteiger charge is -2.14. The molecule has 1 aromatic carbocycles. The average molecular weight is 403 g/mol. The Morgan fingerprint density at radius 1 is 1.26 bits per heavy atom. The molecule has 0 aliphatic rings. The predicted octanol–water partition coefficient (Wildman–Crippen LogP) is 4.28. The Morgan fingerprint density at radius 2 is 2.07 bits per heavy atom. The number of carbonyl (C=O) groups excluding carboxylic acids is 1. The molecule has 0 aliphatic carbocycles. The third kappa shape index (κ3) is 5.83. The molecule has 0 radical (unpaired) electrons. The number of hydrogen-bond donors (Lipinski definition) is 2. The van der Waals surface area contributed by atoms with E-state index in [0.717, 1.165) is 22.1 Å². The highest BCUT2D eigenvalue weighted by atomic mass is 32.2. The topological polar surface area (TPSA) is 80.0 Å². The number of hydrogen-bond acceptors (Lipinski definition) is 7. The van der Waals surface area contributed by atoms with Gasteiger partial charge in [-0.1, -0.05) is 54.3 Å². The lowest BCUT2D eigenvalue weighted by Crippen LogP contribution is -2.28. The number of aryl methyl sites for hydroxylation is 1. The van der Waals surface area contributed by atoms with Crippen molar-refractivity contribution >= 4 is 34.1 Å². The fourth-order valence-corrected chi connectivity index (χ4v) is 4.01. The van der Waals surface area contributed by atoms with Gasteiger partial charge in [-0.2, -0.15) is 0 Å². The molecule has 142 valence electrons. The quantitative estimate of drug-likeness (QED) is 0.520. The minimum Gasteiger partial charge on any atom is -0.467 e. The third-order valence-electron chi connectivity index (χ3n) is 3.99. The summed E-state index contributed by atoms with van der Waals surface area (Å²) in [7, 11) is 0. The Labute approximate surface area is 166 Å². The van der Waals surface area contributed by atoms with Gasteiger partial charge in [0.2, 0.25) is 11.0 Å². The summed E-state index contributed by atoms with van der Waals surface area (Å²) in [4.78, 5) is 12.2. The van der Waals surface area contributed by atoms with Crippen LogP contribution >= 0.6 is 23.1 Å². The van der Waals surface area contributed by atoms with Crippen molar-refractivity contribution in [3.05, 3.63) is 59.5 Å². The van der Waals surface area contributed by atoms with E-state index in [1.807, 2.05) is 19.1 Å². The van der Waals surface area contributed by atoms with Crippen LogP contribution in [0.15, 0.2) is 51.4 Å². The zero-order valence-electron chi connectivity index (χ0n) is 15.3. The van der Waals surface area contributed by atoms with Crippen LogP contribution in [-0.2, 0) is 17.8 Å². The maximum Gasteiger partial charge on any atom is 0.230 e. The molecule has 1 atom stereocenters. The van der Waals surface area contributed by atoms with Gasteiger partial charge in [-0.3, -0.25) is 4.79 Å². The summed E-state index contributed by atoms with van der Waals surface area (Å²) in [6.07, 6.45) is 2.65. The van der Waals surface area contributed by atoms with E-state index in [1.54, 1.807) is 6.26 Å². The molecule has 3 rings (SSSR count). The summed E-state index contributed by atoms with van der Waals surface area (Å²) in [5.41, 5.74) is 2.39. The Bertz CT molecular complexity index is 847. The van der Waals surface area contributed by atoms with Crippen LogP contribution in [0, 0.1) is 0 Å². The Balaban J connectivity index is 1.43. The number of carbonyl (C=O) groups is 1. The van der Waals surface area contributed by atoms with E-state index in [1.165, 1.54) is 28.7 Å². The fraction of sp³-hybridized carbons (Fsp3) is 0.316. The molecule has 27 heavy (non-hydrogen) atoms. The first-order chi connectivity index (χ1) is 13.1. The van der Waals surface area contributed by atoms with Gasteiger partial charge in [0.05, 0.1) is 24.6 Å². The van der Waals surface area contributed by atoms with Crippen LogP contribution in [0.4, 0.5) is 5.13 Å². The second-order valence-corrected chi connectivity index (χ2v) is 8.18. The Kier molecular flexibility index (Phi) is 6.89. The summed E-state index contributed by atoms with van der Waals surface area (Å²) in [6.45, 7) is 4.68. The second kappa shape index (κ2) is 9.57. The van der Waals surface area contributed by atoms with Crippen LogP contribution in [0.5, 0.6) is 0 Å². The summed E-state index contributed by atoms with van der Waals surface area (Å²) >= 11 is 2.81. The number of thioether (sulfide) groups is 1. The van der Waals surface area contributed by atoms with Crippen molar-refractivity contribution in [2.75, 3.05) is 11.1 Å². The summed E-state index contributed by atoms with van der Waals surface area (Å²) in [5.74, 6) is 1.12. The van der Waals surface area contributed by atoms with Crippen LogP contribution < -0.4 is 10.6 Å². The number of nitrogens with zero attached hydrogens (tertiary/aromatic N) is 2. The SMILES string of the molecule is CCc1ccc([C@@H](C)NC(=O)CSc2nnc(NCc3ccco3)s2)cc1. The predicted molar refractivity (Wildman–Crippen MR) is 109 cm³/mol. The van der Waals surface area contributed by atoms with Gasteiger partial charge in [-0.05, 0) is 36.6 Å². The van der Waals surface area contributed by atoms with Crippen molar-refractivity contribution in [2.24, 2.45) is 0 Å². The van der Waals surface area contributed by atoms with E-state index in [9.17, 15) is 4.79 Å². The van der Waals surface area contributed by atoms with E-state index in [0.29, 0.717) is 17.4 Å². The number of anilines is 1. The number of benzene rings is 1. The first-order valence-corrected chi connectivity index (χ1v) is 10.5. The molecule has 3 aromatic rings. The van der Waals surface area contributed by atoms with Gasteiger partial charge >= 0.3 is 0 Å². The molecular formula is C19H22N4O2S2. The molecule has 1 amide bonds. The number of amides is 1. The third-order valence-corrected chi connectivity index (χ3v) is 6.01. The van der Waals surface area contributed by atoms with Gasteiger partial charge in [0.25, 0.3) is 0 Å². The van der Waals surface area contributed by atoms with Crippen LogP contribution in [0.25, 0.3) is 0 Å². The first kappa shape index (κ1) is 19.4. The molecule has 0 spiro atoms. The maximum atomic E-state index is 12.2. The Morgan fingerprint density at radius 3 is 2.78 bits per heavy atom. The van der Waals surface area contributed by atoms with Crippen molar-refractivity contribution in [2.45, 2.75) is 37.2 Å². The van der Waals surface area contributed by atoms with Gasteiger partial charge in [-0.15, -0.1) is 10.2 Å². The van der Waals surface area contributed by atoms with Crippen molar-refractivity contribution in [1.29, 1.82) is 0 Å². The number of nitrogens with one attached hydrogen (secondary N) is 2. The largest absolute Gasteiger partial charge is 0.467 e. The highest BCUT2D eigenvalue weighted by molar-refractivity contribution is 8.01. The molecule has 0 fully saturated rings. The van der Waals surface area contributed by atoms with Crippen molar-refractivity contribution < 1.29 is 9.21 Å². The van der Waals surface area contributed by atoms with E-state index in [2.05, 4.69) is 52.0 Å². The molecule has 2 heterocycles. The highest BCUT2D eigenvalue weighted by Crippen LogP contribution is 2.26. The molecule has 0 bridgehead atoms. The molecule has 2 N–H and O–H groups in total. The molecule has 0 saturated carbocycles. The molecule has 0 aliphatic heterocycles. The lowest BCUT2D eigenvalue weighted by molar-refractivity contribution is -0.119. The van der Waals surface area contributed by atoms with Crippen LogP contribution in [-0.4, -0.2) is 21.9 Å². The van der Waals surface area contributed by atoms with Gasteiger partial charge in [0.1, 0.15) is 5.76 Å². The molecule has 8 heteroatoms. The van der Waals surface area contributed by atoms with Gasteiger partial charge < -0.3 is 15.1 Å². The lowest BCUT2D eigenvalue weighted by atomic mass is 10.1. The molecule has 6 nitrogen and oxygen atoms in total. The summed E-state index contributed by atoms with van der Waals surface area (Å²) < 4.78 is 6.02. The van der Waals surface area contributed by atoms with E-state index in [4.69, 9.17) is 4.42 Å². The minimum atomic E-state index is -0.0241. The smallest absolute Gasteiger partial charge is 0.230 e. The zero-order chi connectivity index (χ0) is 19.1. The molecule has 0 saturated heterocycles. The second-order valence-electron chi connectivity index (χ2n) is 5.98. The number of rotatable bonds is 9. The molecule has 0 unspecified atom stereocenters. The Hall–Kier alpha value is -2.32. The maximum absolute atomic E-state index is 12.2. The normalized spacial score (nSPS) is 11.9. The van der Waals surface area contributed by atoms with Crippen LogP contribution in [0.1, 0.15) is 36.8 Å². The van der Waals surface area contributed by atoms with E-state index < -0.39 is 0 Å². The molecular weight excluding hydrogens is 380 g/mol. The summed E-state index contributed by atoms with van der Waals surface area (Å²) in [5, 5.41) is 15.1. The van der Waals surface area contributed by atoms with Crippen LogP contribution in [0.2, 0.25) is 0 Å². The van der Waals surface area contributed by atoms with Crippen molar-refractivity contribution in [3.63, 3.8) is 0 Å².